The summed E-state index contributed by atoms with van der Waals surface area (Å²) in [6.45, 7) is 4.16. The van der Waals surface area contributed by atoms with Crippen LogP contribution in [0.15, 0.2) is 11.6 Å². The van der Waals surface area contributed by atoms with Gasteiger partial charge in [0, 0.05) is 11.8 Å². The third kappa shape index (κ3) is 2.29. The van der Waals surface area contributed by atoms with Gasteiger partial charge in [-0.2, -0.15) is 0 Å². The van der Waals surface area contributed by atoms with Crippen molar-refractivity contribution >= 4 is 11.8 Å². The molecule has 0 aromatic heterocycles. The molecule has 4 aliphatic carbocycles. The van der Waals surface area contributed by atoms with Gasteiger partial charge in [0.15, 0.2) is 0 Å². The minimum absolute atomic E-state index is 0.0666. The Labute approximate surface area is 154 Å². The zero-order valence-electron chi connectivity index (χ0n) is 15.9. The highest BCUT2D eigenvalue weighted by Gasteiger charge is 2.64. The van der Waals surface area contributed by atoms with Gasteiger partial charge in [0.2, 0.25) is 0 Å². The molecule has 5 unspecified atom stereocenters. The first-order valence-corrected chi connectivity index (χ1v) is 9.91. The molecule has 26 heavy (non-hydrogen) atoms. The van der Waals surface area contributed by atoms with E-state index in [0.29, 0.717) is 25.7 Å². The number of ether oxygens (including phenoxy) is 1. The maximum Gasteiger partial charge on any atom is 0.312 e. The lowest BCUT2D eigenvalue weighted by Crippen LogP contribution is -2.59. The molecule has 0 saturated heterocycles. The summed E-state index contributed by atoms with van der Waals surface area (Å²) in [5.41, 5.74) is 0.323. The van der Waals surface area contributed by atoms with E-state index in [0.717, 1.165) is 18.4 Å². The standard InChI is InChI=1S/C21H30O5/c1-20-7-6-12(22)8-11(20)9-13(19(25)26-3)17-14-4-5-16(24)21(14,2)10-15(23)18(17)20/h9,12-15,17-18,22-23H,4-8,10H2,1-3H3/t12?,13-,14?,15-,17?,18+,20?,21?/m1/s1. The Morgan fingerprint density at radius 1 is 1.23 bits per heavy atom. The first-order chi connectivity index (χ1) is 12.2. The fraction of sp³-hybridized carbons (Fsp3) is 0.810. The number of carbonyl (C=O) groups is 2. The fourth-order valence-corrected chi connectivity index (χ4v) is 6.92. The third-order valence-corrected chi connectivity index (χ3v) is 8.26. The van der Waals surface area contributed by atoms with Crippen molar-refractivity contribution in [1.82, 2.24) is 0 Å². The van der Waals surface area contributed by atoms with Crippen molar-refractivity contribution in [3.05, 3.63) is 11.6 Å². The molecule has 8 atom stereocenters. The quantitative estimate of drug-likeness (QED) is 0.552. The van der Waals surface area contributed by atoms with E-state index in [9.17, 15) is 19.8 Å². The Bertz CT molecular complexity index is 669. The van der Waals surface area contributed by atoms with Crippen LogP contribution in [-0.2, 0) is 14.3 Å². The lowest BCUT2D eigenvalue weighted by Gasteiger charge is -2.59. The van der Waals surface area contributed by atoms with Gasteiger partial charge < -0.3 is 14.9 Å². The van der Waals surface area contributed by atoms with E-state index in [1.54, 1.807) is 0 Å². The minimum atomic E-state index is -0.612. The molecule has 0 amide bonds. The second-order valence-corrected chi connectivity index (χ2v) is 9.42. The largest absolute Gasteiger partial charge is 0.469 e. The first-order valence-electron chi connectivity index (χ1n) is 9.91. The van der Waals surface area contributed by atoms with Gasteiger partial charge in [0.1, 0.15) is 5.78 Å². The van der Waals surface area contributed by atoms with Crippen LogP contribution in [0.5, 0.6) is 0 Å². The monoisotopic (exact) mass is 362 g/mol. The van der Waals surface area contributed by atoms with Gasteiger partial charge >= 0.3 is 5.97 Å². The number of Topliss-reactive ketones (excluding diaryl/α,β-unsaturated/α-hetero) is 1. The number of hydrogen-bond donors (Lipinski definition) is 2. The van der Waals surface area contributed by atoms with Gasteiger partial charge in [-0.15, -0.1) is 0 Å². The van der Waals surface area contributed by atoms with E-state index >= 15 is 0 Å². The number of hydrogen-bond acceptors (Lipinski definition) is 5. The Morgan fingerprint density at radius 2 is 1.96 bits per heavy atom. The van der Waals surface area contributed by atoms with Crippen LogP contribution < -0.4 is 0 Å². The van der Waals surface area contributed by atoms with Crippen LogP contribution in [0.25, 0.3) is 0 Å². The lowest BCUT2D eigenvalue weighted by molar-refractivity contribution is -0.166. The molecule has 0 heterocycles. The van der Waals surface area contributed by atoms with Crippen molar-refractivity contribution < 1.29 is 24.5 Å². The summed E-state index contributed by atoms with van der Waals surface area (Å²) in [5.74, 6) is -0.541. The maximum atomic E-state index is 12.7. The SMILES string of the molecule is COC(=O)[C@@H]1C=C2CC(O)CCC2(C)[C@@H]2C1C1CCC(=O)C1(C)C[C@H]2O. The van der Waals surface area contributed by atoms with Crippen LogP contribution in [0.1, 0.15) is 52.4 Å². The van der Waals surface area contributed by atoms with E-state index in [1.165, 1.54) is 7.11 Å². The number of methoxy groups -OCH3 is 1. The fourth-order valence-electron chi connectivity index (χ4n) is 6.92. The van der Waals surface area contributed by atoms with E-state index < -0.39 is 17.4 Å². The second kappa shape index (κ2) is 5.90. The zero-order chi connectivity index (χ0) is 18.9. The van der Waals surface area contributed by atoms with Crippen molar-refractivity contribution in [2.75, 3.05) is 7.11 Å². The first kappa shape index (κ1) is 18.2. The van der Waals surface area contributed by atoms with Crippen molar-refractivity contribution in [3.8, 4) is 0 Å². The van der Waals surface area contributed by atoms with Gasteiger partial charge in [-0.25, -0.2) is 0 Å². The molecule has 3 fully saturated rings. The summed E-state index contributed by atoms with van der Waals surface area (Å²) in [6, 6.07) is 0. The number of carbonyl (C=O) groups excluding carboxylic acids is 2. The van der Waals surface area contributed by atoms with Crippen molar-refractivity contribution in [3.63, 3.8) is 0 Å². The Balaban J connectivity index is 1.85. The lowest BCUT2D eigenvalue weighted by atomic mass is 9.45. The van der Waals surface area contributed by atoms with Crippen LogP contribution in [0.2, 0.25) is 0 Å². The van der Waals surface area contributed by atoms with E-state index in [1.807, 2.05) is 13.0 Å². The molecule has 5 nitrogen and oxygen atoms in total. The smallest absolute Gasteiger partial charge is 0.312 e. The van der Waals surface area contributed by atoms with Crippen molar-refractivity contribution in [2.24, 2.45) is 34.5 Å². The molecule has 5 heteroatoms. The van der Waals surface area contributed by atoms with Gasteiger partial charge in [0.25, 0.3) is 0 Å². The molecule has 0 aliphatic heterocycles. The number of aliphatic hydroxyl groups is 2. The van der Waals surface area contributed by atoms with E-state index in [4.69, 9.17) is 4.74 Å². The summed E-state index contributed by atoms with van der Waals surface area (Å²) in [7, 11) is 1.40. The van der Waals surface area contributed by atoms with Gasteiger partial charge in [-0.1, -0.05) is 25.5 Å². The van der Waals surface area contributed by atoms with Crippen LogP contribution in [-0.4, -0.2) is 41.3 Å². The topological polar surface area (TPSA) is 83.8 Å². The molecule has 3 saturated carbocycles. The molecular formula is C21H30O5. The average molecular weight is 362 g/mol. The Kier molecular flexibility index (Phi) is 4.12. The predicted octanol–water partition coefficient (Wildman–Crippen LogP) is 2.25. The van der Waals surface area contributed by atoms with Crippen molar-refractivity contribution in [1.29, 1.82) is 0 Å². The second-order valence-electron chi connectivity index (χ2n) is 9.42. The van der Waals surface area contributed by atoms with Crippen LogP contribution in [0, 0.1) is 34.5 Å². The summed E-state index contributed by atoms with van der Waals surface area (Å²) in [4.78, 5) is 25.3. The molecule has 0 bridgehead atoms. The average Bonchev–Trinajstić information content (AvgIpc) is 2.88. The molecule has 144 valence electrons. The van der Waals surface area contributed by atoms with Gasteiger partial charge in [0.05, 0.1) is 25.2 Å². The van der Waals surface area contributed by atoms with E-state index in [-0.39, 0.29) is 41.0 Å². The van der Waals surface area contributed by atoms with Gasteiger partial charge in [-0.3, -0.25) is 9.59 Å². The number of aliphatic hydroxyl groups excluding tert-OH is 2. The zero-order valence-corrected chi connectivity index (χ0v) is 15.9. The van der Waals surface area contributed by atoms with Crippen molar-refractivity contribution in [2.45, 2.75) is 64.6 Å². The van der Waals surface area contributed by atoms with Crippen LogP contribution in [0.4, 0.5) is 0 Å². The molecule has 4 aliphatic rings. The third-order valence-electron chi connectivity index (χ3n) is 8.26. The number of rotatable bonds is 1. The molecule has 0 aromatic rings. The minimum Gasteiger partial charge on any atom is -0.469 e. The maximum absolute atomic E-state index is 12.7. The highest BCUT2D eigenvalue weighted by Crippen LogP contribution is 2.65. The molecule has 0 aromatic carbocycles. The van der Waals surface area contributed by atoms with Crippen LogP contribution in [0.3, 0.4) is 0 Å². The van der Waals surface area contributed by atoms with Crippen LogP contribution >= 0.6 is 0 Å². The molecule has 4 rings (SSSR count). The number of ketones is 1. The summed E-state index contributed by atoms with van der Waals surface area (Å²) < 4.78 is 5.11. The Hall–Kier alpha value is -1.20. The number of esters is 1. The summed E-state index contributed by atoms with van der Waals surface area (Å²) in [6.07, 6.45) is 4.91. The molecular weight excluding hydrogens is 332 g/mol. The summed E-state index contributed by atoms with van der Waals surface area (Å²) in [5, 5.41) is 21.4. The highest BCUT2D eigenvalue weighted by molar-refractivity contribution is 5.87. The molecule has 0 radical (unpaired) electrons. The Morgan fingerprint density at radius 3 is 2.65 bits per heavy atom. The predicted molar refractivity (Wildman–Crippen MR) is 95.0 cm³/mol. The number of fused-ring (bicyclic) bond motifs is 5. The van der Waals surface area contributed by atoms with Gasteiger partial charge in [-0.05, 0) is 55.3 Å². The molecule has 2 N–H and O–H groups in total. The highest BCUT2D eigenvalue weighted by atomic mass is 16.5. The normalized spacial score (nSPS) is 50.3. The van der Waals surface area contributed by atoms with E-state index in [2.05, 4.69) is 6.92 Å². The summed E-state index contributed by atoms with van der Waals surface area (Å²) >= 11 is 0. The molecule has 0 spiro atoms.